The summed E-state index contributed by atoms with van der Waals surface area (Å²) < 4.78 is 15.4. The van der Waals surface area contributed by atoms with Crippen molar-refractivity contribution < 1.29 is 14.0 Å². The molecule has 1 aromatic carbocycles. The Bertz CT molecular complexity index is 1010. The van der Waals surface area contributed by atoms with Crippen molar-refractivity contribution in [3.05, 3.63) is 50.9 Å². The van der Waals surface area contributed by atoms with E-state index in [1.54, 1.807) is 29.2 Å². The molecule has 0 atom stereocenters. The van der Waals surface area contributed by atoms with Crippen LogP contribution >= 0.6 is 22.9 Å². The maximum atomic E-state index is 14.9. The Hall–Kier alpha value is -2.00. The highest BCUT2D eigenvalue weighted by molar-refractivity contribution is 7.17. The van der Waals surface area contributed by atoms with Crippen LogP contribution in [0.3, 0.4) is 0 Å². The maximum Gasteiger partial charge on any atom is 0.264 e. The van der Waals surface area contributed by atoms with E-state index in [2.05, 4.69) is 23.6 Å². The van der Waals surface area contributed by atoms with Gasteiger partial charge in [0.2, 0.25) is 5.91 Å². The highest BCUT2D eigenvalue weighted by Crippen LogP contribution is 2.30. The van der Waals surface area contributed by atoms with E-state index < -0.39 is 5.82 Å². The first-order chi connectivity index (χ1) is 15.8. The molecule has 1 aromatic heterocycles. The first kappa shape index (κ1) is 24.1. The summed E-state index contributed by atoms with van der Waals surface area (Å²) >= 11 is 7.15. The van der Waals surface area contributed by atoms with Crippen molar-refractivity contribution in [2.45, 2.75) is 32.9 Å². The molecule has 0 bridgehead atoms. The van der Waals surface area contributed by atoms with Gasteiger partial charge in [-0.25, -0.2) is 4.39 Å². The SMILES string of the molecule is CC(C)N1CCCN(CCN2C(=O)CN(C(=O)c3ccc(Cl)s3)Cc3c(F)cccc32)CC1. The Kier molecular flexibility index (Phi) is 7.69. The van der Waals surface area contributed by atoms with Gasteiger partial charge in [0.25, 0.3) is 5.91 Å². The van der Waals surface area contributed by atoms with E-state index in [4.69, 9.17) is 11.6 Å². The average Bonchev–Trinajstić information content (AvgIpc) is 2.99. The molecule has 178 valence electrons. The minimum Gasteiger partial charge on any atom is -0.324 e. The molecule has 0 unspecified atom stereocenters. The van der Waals surface area contributed by atoms with Crippen molar-refractivity contribution in [1.82, 2.24) is 14.7 Å². The number of halogens is 2. The number of carbonyl (C=O) groups excluding carboxylic acids is 2. The molecule has 0 aliphatic carbocycles. The van der Waals surface area contributed by atoms with Gasteiger partial charge < -0.3 is 14.7 Å². The van der Waals surface area contributed by atoms with Crippen molar-refractivity contribution in [2.24, 2.45) is 0 Å². The molecule has 0 spiro atoms. The lowest BCUT2D eigenvalue weighted by Crippen LogP contribution is -2.43. The molecule has 2 amide bonds. The topological polar surface area (TPSA) is 47.1 Å². The second kappa shape index (κ2) is 10.5. The molecule has 0 radical (unpaired) electrons. The molecular formula is C24H30ClFN4O2S. The molecule has 2 aliphatic rings. The van der Waals surface area contributed by atoms with Crippen LogP contribution in [0.1, 0.15) is 35.5 Å². The predicted molar refractivity (Wildman–Crippen MR) is 131 cm³/mol. The lowest BCUT2D eigenvalue weighted by Gasteiger charge is -2.28. The van der Waals surface area contributed by atoms with Gasteiger partial charge in [0.15, 0.2) is 0 Å². The van der Waals surface area contributed by atoms with Crippen molar-refractivity contribution >= 4 is 40.4 Å². The van der Waals surface area contributed by atoms with Gasteiger partial charge in [-0.1, -0.05) is 17.7 Å². The van der Waals surface area contributed by atoms with Gasteiger partial charge >= 0.3 is 0 Å². The summed E-state index contributed by atoms with van der Waals surface area (Å²) in [6, 6.07) is 8.60. The third-order valence-electron chi connectivity index (χ3n) is 6.43. The summed E-state index contributed by atoms with van der Waals surface area (Å²) in [6.07, 6.45) is 1.09. The van der Waals surface area contributed by atoms with E-state index in [0.29, 0.717) is 39.6 Å². The van der Waals surface area contributed by atoms with Gasteiger partial charge in [-0.2, -0.15) is 0 Å². The van der Waals surface area contributed by atoms with Crippen molar-refractivity contribution in [3.63, 3.8) is 0 Å². The number of hydrogen-bond acceptors (Lipinski definition) is 5. The molecule has 6 nitrogen and oxygen atoms in total. The van der Waals surface area contributed by atoms with E-state index in [1.807, 2.05) is 0 Å². The Morgan fingerprint density at radius 1 is 1.09 bits per heavy atom. The normalized spacial score (nSPS) is 18.4. The predicted octanol–water partition coefficient (Wildman–Crippen LogP) is 3.95. The van der Waals surface area contributed by atoms with E-state index >= 15 is 0 Å². The van der Waals surface area contributed by atoms with E-state index in [-0.39, 0.29) is 24.9 Å². The largest absolute Gasteiger partial charge is 0.324 e. The zero-order valence-corrected chi connectivity index (χ0v) is 20.7. The van der Waals surface area contributed by atoms with Crippen molar-refractivity contribution in [2.75, 3.05) is 50.7 Å². The third kappa shape index (κ3) is 5.57. The summed E-state index contributed by atoms with van der Waals surface area (Å²) in [5.74, 6) is -0.914. The molecule has 3 heterocycles. The highest BCUT2D eigenvalue weighted by atomic mass is 35.5. The van der Waals surface area contributed by atoms with Crippen LogP contribution in [0.15, 0.2) is 30.3 Å². The Morgan fingerprint density at radius 3 is 2.64 bits per heavy atom. The molecule has 0 N–H and O–H groups in total. The van der Waals surface area contributed by atoms with Gasteiger partial charge in [-0.3, -0.25) is 14.5 Å². The first-order valence-corrected chi connectivity index (χ1v) is 12.6. The number of hydrogen-bond donors (Lipinski definition) is 0. The second-order valence-corrected chi connectivity index (χ2v) is 10.6. The highest BCUT2D eigenvalue weighted by Gasteiger charge is 2.31. The number of benzene rings is 1. The Morgan fingerprint density at radius 2 is 1.91 bits per heavy atom. The van der Waals surface area contributed by atoms with Crippen LogP contribution in [0.4, 0.5) is 10.1 Å². The third-order valence-corrected chi connectivity index (χ3v) is 7.64. The van der Waals surface area contributed by atoms with Gasteiger partial charge in [0, 0.05) is 37.8 Å². The number of anilines is 1. The second-order valence-electron chi connectivity index (χ2n) is 8.87. The van der Waals surface area contributed by atoms with Crippen LogP contribution in [0.5, 0.6) is 0 Å². The van der Waals surface area contributed by atoms with Gasteiger partial charge in [0.1, 0.15) is 12.4 Å². The van der Waals surface area contributed by atoms with Crippen LogP contribution in [0, 0.1) is 5.82 Å². The molecule has 1 fully saturated rings. The monoisotopic (exact) mass is 492 g/mol. The van der Waals surface area contributed by atoms with Crippen molar-refractivity contribution in [1.29, 1.82) is 0 Å². The Balaban J connectivity index is 1.51. The smallest absolute Gasteiger partial charge is 0.264 e. The standard InChI is InChI=1S/C24H30ClFN4O2S/c1-17(2)28-10-4-9-27(11-13-28)12-14-30-20-6-3-5-19(26)18(20)15-29(16-23(30)31)24(32)21-7-8-22(25)33-21/h3,5-8,17H,4,9-16H2,1-2H3. The van der Waals surface area contributed by atoms with Gasteiger partial charge in [-0.15, -0.1) is 11.3 Å². The summed E-state index contributed by atoms with van der Waals surface area (Å²) in [5, 5.41) is 0. The molecule has 4 rings (SSSR count). The molecule has 0 saturated carbocycles. The van der Waals surface area contributed by atoms with Gasteiger partial charge in [-0.05, 0) is 57.6 Å². The lowest BCUT2D eigenvalue weighted by molar-refractivity contribution is -0.119. The zero-order valence-electron chi connectivity index (χ0n) is 19.1. The fourth-order valence-corrected chi connectivity index (χ4v) is 5.54. The van der Waals surface area contributed by atoms with E-state index in [9.17, 15) is 14.0 Å². The van der Waals surface area contributed by atoms with Crippen LogP contribution in [-0.4, -0.2) is 78.4 Å². The molecule has 1 saturated heterocycles. The summed E-state index contributed by atoms with van der Waals surface area (Å²) in [7, 11) is 0. The quantitative estimate of drug-likeness (QED) is 0.634. The van der Waals surface area contributed by atoms with Crippen LogP contribution in [0.25, 0.3) is 0 Å². The number of fused-ring (bicyclic) bond motifs is 1. The zero-order chi connectivity index (χ0) is 23.5. The number of carbonyl (C=O) groups is 2. The average molecular weight is 493 g/mol. The Labute approximate surface area is 203 Å². The van der Waals surface area contributed by atoms with Gasteiger partial charge in [0.05, 0.1) is 21.4 Å². The van der Waals surface area contributed by atoms with E-state index in [0.717, 1.165) is 43.9 Å². The number of rotatable bonds is 5. The fraction of sp³-hybridized carbons (Fsp3) is 0.500. The molecule has 2 aliphatic heterocycles. The maximum absolute atomic E-state index is 14.9. The lowest BCUT2D eigenvalue weighted by atomic mass is 10.1. The van der Waals surface area contributed by atoms with Crippen LogP contribution in [0.2, 0.25) is 4.34 Å². The number of amides is 2. The molecule has 2 aromatic rings. The van der Waals surface area contributed by atoms with E-state index in [1.165, 1.54) is 11.0 Å². The summed E-state index contributed by atoms with van der Waals surface area (Å²) in [4.78, 5) is 34.7. The van der Waals surface area contributed by atoms with Crippen molar-refractivity contribution in [3.8, 4) is 0 Å². The minimum atomic E-state index is -0.406. The van der Waals surface area contributed by atoms with Crippen LogP contribution in [-0.2, 0) is 11.3 Å². The fourth-order valence-electron chi connectivity index (χ4n) is 4.53. The number of nitrogens with zero attached hydrogens (tertiary/aromatic N) is 4. The summed E-state index contributed by atoms with van der Waals surface area (Å²) in [5.41, 5.74) is 0.930. The molecular weight excluding hydrogens is 463 g/mol. The molecule has 33 heavy (non-hydrogen) atoms. The first-order valence-electron chi connectivity index (χ1n) is 11.4. The van der Waals surface area contributed by atoms with Crippen LogP contribution < -0.4 is 4.90 Å². The molecule has 9 heteroatoms. The summed E-state index contributed by atoms with van der Waals surface area (Å²) in [6.45, 7) is 9.56. The minimum absolute atomic E-state index is 0.0473. The number of thiophene rings is 1.